The summed E-state index contributed by atoms with van der Waals surface area (Å²) < 4.78 is 4.24. The second-order valence-corrected chi connectivity index (χ2v) is 3.79. The first-order valence-electron chi connectivity index (χ1n) is 5.91. The molecule has 2 amide bonds. The number of carbonyl (C=O) groups excluding carboxylic acids is 4. The lowest BCUT2D eigenvalue weighted by molar-refractivity contribution is -0.158. The van der Waals surface area contributed by atoms with Crippen molar-refractivity contribution in [2.24, 2.45) is 0 Å². The number of ether oxygens (including phenoxy) is 1. The zero-order chi connectivity index (χ0) is 17.8. The zero-order valence-electron chi connectivity index (χ0n) is 11.6. The summed E-state index contributed by atoms with van der Waals surface area (Å²) in [5.74, 6) is -6.69. The van der Waals surface area contributed by atoms with Crippen LogP contribution in [-0.2, 0) is 33.5 Å². The van der Waals surface area contributed by atoms with Crippen LogP contribution < -0.4 is 21.7 Å². The molecule has 0 unspecified atom stereocenters. The van der Waals surface area contributed by atoms with Gasteiger partial charge in [-0.1, -0.05) is 0 Å². The molecule has 0 aliphatic carbocycles. The van der Waals surface area contributed by atoms with Gasteiger partial charge >= 0.3 is 23.9 Å². The third-order valence-corrected chi connectivity index (χ3v) is 1.77. The van der Waals surface area contributed by atoms with E-state index in [4.69, 9.17) is 10.2 Å². The van der Waals surface area contributed by atoms with Crippen LogP contribution in [0.25, 0.3) is 0 Å². The van der Waals surface area contributed by atoms with Gasteiger partial charge in [-0.2, -0.15) is 0 Å². The molecule has 0 heterocycles. The van der Waals surface area contributed by atoms with Gasteiger partial charge in [0, 0.05) is 0 Å². The van der Waals surface area contributed by atoms with Gasteiger partial charge in [0.2, 0.25) is 11.8 Å². The lowest BCUT2D eigenvalue weighted by Crippen LogP contribution is -2.44. The van der Waals surface area contributed by atoms with Gasteiger partial charge in [-0.3, -0.25) is 39.6 Å². The molecule has 0 atom stereocenters. The molecule has 0 saturated carbocycles. The number of esters is 2. The molecule has 0 aromatic rings. The molecular formula is C10H14N4O9. The maximum atomic E-state index is 11.1. The summed E-state index contributed by atoms with van der Waals surface area (Å²) in [6.07, 6.45) is -1.61. The van der Waals surface area contributed by atoms with Gasteiger partial charge in [-0.25, -0.2) is 10.9 Å². The average Bonchev–Trinajstić information content (AvgIpc) is 2.36. The predicted octanol–water partition coefficient (Wildman–Crippen LogP) is -3.75. The van der Waals surface area contributed by atoms with Crippen LogP contribution in [0.3, 0.4) is 0 Å². The predicted molar refractivity (Wildman–Crippen MR) is 67.9 cm³/mol. The summed E-state index contributed by atoms with van der Waals surface area (Å²) in [5, 5.41) is 16.6. The molecule has 13 heteroatoms. The van der Waals surface area contributed by atoms with Crippen LogP contribution in [0.4, 0.5) is 0 Å². The number of hydrazine groups is 2. The molecule has 0 saturated heterocycles. The van der Waals surface area contributed by atoms with Crippen molar-refractivity contribution in [1.29, 1.82) is 0 Å². The Morgan fingerprint density at radius 2 is 1.04 bits per heavy atom. The lowest BCUT2D eigenvalue weighted by atomic mass is 10.4. The van der Waals surface area contributed by atoms with Crippen molar-refractivity contribution >= 4 is 35.7 Å². The van der Waals surface area contributed by atoms with Gasteiger partial charge in [0.05, 0.1) is 0 Å². The van der Waals surface area contributed by atoms with Crippen molar-refractivity contribution in [3.63, 3.8) is 0 Å². The Labute approximate surface area is 128 Å². The molecule has 0 rings (SSSR count). The highest BCUT2D eigenvalue weighted by Gasteiger charge is 2.12. The molecule has 0 aromatic carbocycles. The number of carboxylic acids is 2. The number of rotatable bonds is 10. The second kappa shape index (κ2) is 10.6. The van der Waals surface area contributed by atoms with Crippen molar-refractivity contribution in [3.05, 3.63) is 0 Å². The number of amides is 2. The Morgan fingerprint density at radius 1 is 0.696 bits per heavy atom. The zero-order valence-corrected chi connectivity index (χ0v) is 11.6. The fourth-order valence-corrected chi connectivity index (χ4v) is 0.992. The number of aliphatic carboxylic acids is 2. The number of hydrogen-bond acceptors (Lipinski definition) is 9. The molecular weight excluding hydrogens is 320 g/mol. The average molecular weight is 334 g/mol. The fraction of sp³-hybridized carbons (Fsp3) is 0.400. The number of nitrogens with one attached hydrogen (secondary N) is 4. The molecule has 0 fully saturated rings. The van der Waals surface area contributed by atoms with E-state index >= 15 is 0 Å². The highest BCUT2D eigenvalue weighted by atomic mass is 16.6. The first kappa shape index (κ1) is 19.9. The van der Waals surface area contributed by atoms with Gasteiger partial charge in [0.25, 0.3) is 0 Å². The first-order chi connectivity index (χ1) is 10.7. The van der Waals surface area contributed by atoms with E-state index in [1.807, 2.05) is 21.7 Å². The summed E-state index contributed by atoms with van der Waals surface area (Å²) in [7, 11) is 0. The van der Waals surface area contributed by atoms with Crippen LogP contribution in [0.1, 0.15) is 12.8 Å². The Bertz CT molecular complexity index is 461. The normalized spacial score (nSPS) is 9.57. The largest absolute Gasteiger partial charge is 0.481 e. The molecule has 128 valence electrons. The summed E-state index contributed by atoms with van der Waals surface area (Å²) in [6, 6.07) is 0. The smallest absolute Gasteiger partial charge is 0.329 e. The third kappa shape index (κ3) is 12.4. The topological polar surface area (TPSA) is 200 Å². The standard InChI is InChI=1S/C10H14N4O9/c15-5(1-7(17)18)13-11-3-9(21)23-10(22)4-12-14-6(16)2-8(19)20/h11-12H,1-4H2,(H,13,15)(H,14,16)(H,17,18)(H,19,20). The molecule has 0 radical (unpaired) electrons. The van der Waals surface area contributed by atoms with Crippen LogP contribution in [0, 0.1) is 0 Å². The quantitative estimate of drug-likeness (QED) is 0.130. The van der Waals surface area contributed by atoms with E-state index in [9.17, 15) is 28.8 Å². The highest BCUT2D eigenvalue weighted by Crippen LogP contribution is 1.81. The van der Waals surface area contributed by atoms with Crippen LogP contribution in [-0.4, -0.2) is 59.0 Å². The van der Waals surface area contributed by atoms with E-state index < -0.39 is 61.6 Å². The van der Waals surface area contributed by atoms with E-state index in [-0.39, 0.29) is 0 Å². The number of carboxylic acid groups (broad SMARTS) is 2. The van der Waals surface area contributed by atoms with Gasteiger partial charge in [0.1, 0.15) is 25.9 Å². The third-order valence-electron chi connectivity index (χ3n) is 1.77. The minimum Gasteiger partial charge on any atom is -0.481 e. The van der Waals surface area contributed by atoms with Crippen molar-refractivity contribution < 1.29 is 43.7 Å². The first-order valence-corrected chi connectivity index (χ1v) is 5.91. The highest BCUT2D eigenvalue weighted by molar-refractivity contribution is 5.94. The maximum Gasteiger partial charge on any atom is 0.329 e. The Balaban J connectivity index is 3.79. The van der Waals surface area contributed by atoms with E-state index in [0.717, 1.165) is 0 Å². The van der Waals surface area contributed by atoms with E-state index in [0.29, 0.717) is 0 Å². The molecule has 0 aromatic heterocycles. The van der Waals surface area contributed by atoms with Crippen molar-refractivity contribution in [2.75, 3.05) is 13.1 Å². The van der Waals surface area contributed by atoms with Crippen LogP contribution in [0.15, 0.2) is 0 Å². The second-order valence-electron chi connectivity index (χ2n) is 3.79. The van der Waals surface area contributed by atoms with Crippen molar-refractivity contribution in [3.8, 4) is 0 Å². The van der Waals surface area contributed by atoms with Crippen LogP contribution in [0.5, 0.6) is 0 Å². The maximum absolute atomic E-state index is 11.1. The molecule has 0 aliphatic heterocycles. The van der Waals surface area contributed by atoms with Gasteiger partial charge in [-0.05, 0) is 0 Å². The Hall–Kier alpha value is -3.06. The molecule has 0 spiro atoms. The number of hydrogen-bond donors (Lipinski definition) is 6. The van der Waals surface area contributed by atoms with Crippen LogP contribution >= 0.6 is 0 Å². The van der Waals surface area contributed by atoms with Crippen LogP contribution in [0.2, 0.25) is 0 Å². The van der Waals surface area contributed by atoms with Crippen molar-refractivity contribution in [1.82, 2.24) is 21.7 Å². The summed E-state index contributed by atoms with van der Waals surface area (Å²) >= 11 is 0. The van der Waals surface area contributed by atoms with Gasteiger partial charge in [-0.15, -0.1) is 0 Å². The lowest BCUT2D eigenvalue weighted by Gasteiger charge is -2.07. The fourth-order valence-electron chi connectivity index (χ4n) is 0.992. The SMILES string of the molecule is O=C(O)CC(=O)NNCC(=O)OC(=O)CNNC(=O)CC(=O)O. The van der Waals surface area contributed by atoms with E-state index in [1.165, 1.54) is 0 Å². The van der Waals surface area contributed by atoms with E-state index in [1.54, 1.807) is 0 Å². The molecule has 23 heavy (non-hydrogen) atoms. The summed E-state index contributed by atoms with van der Waals surface area (Å²) in [5.41, 5.74) is 7.86. The Morgan fingerprint density at radius 3 is 1.35 bits per heavy atom. The Kier molecular flexibility index (Phi) is 9.22. The molecule has 0 aliphatic rings. The molecule has 13 nitrogen and oxygen atoms in total. The molecule has 6 N–H and O–H groups in total. The minimum atomic E-state index is -1.36. The summed E-state index contributed by atoms with van der Waals surface area (Å²) in [4.78, 5) is 64.3. The van der Waals surface area contributed by atoms with Gasteiger partial charge in [0.15, 0.2) is 0 Å². The van der Waals surface area contributed by atoms with E-state index in [2.05, 4.69) is 4.74 Å². The van der Waals surface area contributed by atoms with Gasteiger partial charge < -0.3 is 14.9 Å². The number of carbonyl (C=O) groups is 6. The minimum absolute atomic E-state index is 0.609. The summed E-state index contributed by atoms with van der Waals surface area (Å²) in [6.45, 7) is -1.22. The van der Waals surface area contributed by atoms with Crippen molar-refractivity contribution in [2.45, 2.75) is 12.8 Å². The monoisotopic (exact) mass is 334 g/mol. The molecule has 0 bridgehead atoms.